The van der Waals surface area contributed by atoms with E-state index in [1.54, 1.807) is 0 Å². The fourth-order valence-electron chi connectivity index (χ4n) is 3.35. The number of aliphatic carboxylic acids is 1. The molecule has 0 saturated carbocycles. The zero-order valence-corrected chi connectivity index (χ0v) is 13.2. The van der Waals surface area contributed by atoms with Crippen molar-refractivity contribution in [3.63, 3.8) is 0 Å². The number of benzene rings is 1. The first kappa shape index (κ1) is 16.0. The van der Waals surface area contributed by atoms with Crippen molar-refractivity contribution in [1.82, 2.24) is 4.90 Å². The van der Waals surface area contributed by atoms with E-state index >= 15 is 0 Å². The minimum atomic E-state index is -0.629. The Kier molecular flexibility index (Phi) is 5.80. The molecule has 0 bridgehead atoms. The van der Waals surface area contributed by atoms with Crippen molar-refractivity contribution in [2.24, 2.45) is 5.92 Å². The second-order valence-corrected chi connectivity index (χ2v) is 6.16. The van der Waals surface area contributed by atoms with Crippen molar-refractivity contribution < 1.29 is 9.90 Å². The Morgan fingerprint density at radius 1 is 1.33 bits per heavy atom. The van der Waals surface area contributed by atoms with Gasteiger partial charge in [-0.2, -0.15) is 0 Å². The van der Waals surface area contributed by atoms with Gasteiger partial charge in [0.05, 0.1) is 5.92 Å². The molecule has 1 aliphatic rings. The molecular weight excluding hydrogens is 262 g/mol. The maximum absolute atomic E-state index is 11.1. The number of carboxylic acid groups (broad SMARTS) is 1. The van der Waals surface area contributed by atoms with Crippen LogP contribution in [-0.2, 0) is 4.79 Å². The number of rotatable bonds is 6. The van der Waals surface area contributed by atoms with Gasteiger partial charge in [0.15, 0.2) is 0 Å². The van der Waals surface area contributed by atoms with Gasteiger partial charge < -0.3 is 5.11 Å². The van der Waals surface area contributed by atoms with Gasteiger partial charge in [0.25, 0.3) is 0 Å². The third kappa shape index (κ3) is 4.07. The fourth-order valence-corrected chi connectivity index (χ4v) is 3.35. The molecule has 0 aliphatic carbocycles. The zero-order chi connectivity index (χ0) is 15.2. The number of aryl methyl sites for hydroxylation is 1. The van der Waals surface area contributed by atoms with E-state index in [2.05, 4.69) is 43.0 Å². The topological polar surface area (TPSA) is 40.5 Å². The summed E-state index contributed by atoms with van der Waals surface area (Å²) in [5.74, 6) is -0.777. The van der Waals surface area contributed by atoms with Crippen LogP contribution in [0.2, 0.25) is 0 Å². The number of hydrogen-bond acceptors (Lipinski definition) is 2. The molecule has 116 valence electrons. The number of unbranched alkanes of at least 4 members (excludes halogenated alkanes) is 1. The molecule has 21 heavy (non-hydrogen) atoms. The molecule has 1 aromatic carbocycles. The average molecular weight is 289 g/mol. The van der Waals surface area contributed by atoms with Crippen LogP contribution in [0.5, 0.6) is 0 Å². The molecular formula is C18H27NO2. The molecule has 3 heteroatoms. The number of nitrogens with zero attached hydrogens (tertiary/aromatic N) is 1. The molecule has 1 heterocycles. The van der Waals surface area contributed by atoms with Gasteiger partial charge in [0.2, 0.25) is 0 Å². The van der Waals surface area contributed by atoms with Gasteiger partial charge >= 0.3 is 5.97 Å². The smallest absolute Gasteiger partial charge is 0.306 e. The summed E-state index contributed by atoms with van der Waals surface area (Å²) in [6.45, 7) is 6.21. The lowest BCUT2D eigenvalue weighted by Crippen LogP contribution is -2.39. The molecule has 0 spiro atoms. The molecule has 0 aromatic heterocycles. The van der Waals surface area contributed by atoms with Crippen LogP contribution in [0, 0.1) is 12.8 Å². The number of likely N-dealkylation sites (tertiary alicyclic amines) is 1. The standard InChI is InChI=1S/C18H27NO2/c1-3-4-9-17(16-8-6-5-7-14(16)2)19-12-10-15(11-13-19)18(20)21/h5-8,15,17H,3-4,9-13H2,1-2H3,(H,20,21). The Morgan fingerprint density at radius 2 is 2.00 bits per heavy atom. The summed E-state index contributed by atoms with van der Waals surface area (Å²) in [7, 11) is 0. The highest BCUT2D eigenvalue weighted by Gasteiger charge is 2.29. The van der Waals surface area contributed by atoms with E-state index in [0.717, 1.165) is 25.9 Å². The highest BCUT2D eigenvalue weighted by atomic mass is 16.4. The lowest BCUT2D eigenvalue weighted by Gasteiger charge is -2.37. The van der Waals surface area contributed by atoms with Crippen LogP contribution in [0.15, 0.2) is 24.3 Å². The van der Waals surface area contributed by atoms with Gasteiger partial charge in [-0.1, -0.05) is 44.0 Å². The second kappa shape index (κ2) is 7.60. The summed E-state index contributed by atoms with van der Waals surface area (Å²) in [6.07, 6.45) is 5.15. The van der Waals surface area contributed by atoms with Gasteiger partial charge in [-0.05, 0) is 50.4 Å². The highest BCUT2D eigenvalue weighted by molar-refractivity contribution is 5.70. The SMILES string of the molecule is CCCCC(c1ccccc1C)N1CCC(C(=O)O)CC1. The van der Waals surface area contributed by atoms with E-state index < -0.39 is 5.97 Å². The number of hydrogen-bond donors (Lipinski definition) is 1. The van der Waals surface area contributed by atoms with E-state index in [9.17, 15) is 4.79 Å². The predicted octanol–water partition coefficient (Wildman–Crippen LogP) is 4.02. The number of carboxylic acids is 1. The van der Waals surface area contributed by atoms with Gasteiger partial charge in [-0.15, -0.1) is 0 Å². The molecule has 3 nitrogen and oxygen atoms in total. The summed E-state index contributed by atoms with van der Waals surface area (Å²) in [6, 6.07) is 9.07. The van der Waals surface area contributed by atoms with Crippen molar-refractivity contribution in [2.45, 2.75) is 52.0 Å². The third-order valence-electron chi connectivity index (χ3n) is 4.70. The third-order valence-corrected chi connectivity index (χ3v) is 4.70. The lowest BCUT2D eigenvalue weighted by molar-refractivity contribution is -0.143. The normalized spacial score (nSPS) is 18.6. The van der Waals surface area contributed by atoms with Crippen molar-refractivity contribution in [1.29, 1.82) is 0 Å². The van der Waals surface area contributed by atoms with E-state index in [1.165, 1.54) is 30.4 Å². The molecule has 1 N–H and O–H groups in total. The summed E-state index contributed by atoms with van der Waals surface area (Å²) >= 11 is 0. The number of piperidine rings is 1. The van der Waals surface area contributed by atoms with Crippen LogP contribution in [-0.4, -0.2) is 29.1 Å². The Bertz CT molecular complexity index is 464. The first-order chi connectivity index (χ1) is 10.1. The molecule has 1 atom stereocenters. The Hall–Kier alpha value is -1.35. The van der Waals surface area contributed by atoms with Gasteiger partial charge in [0.1, 0.15) is 0 Å². The fraction of sp³-hybridized carbons (Fsp3) is 0.611. The van der Waals surface area contributed by atoms with Crippen molar-refractivity contribution in [3.05, 3.63) is 35.4 Å². The van der Waals surface area contributed by atoms with E-state index in [1.807, 2.05) is 0 Å². The zero-order valence-electron chi connectivity index (χ0n) is 13.2. The van der Waals surface area contributed by atoms with E-state index in [-0.39, 0.29) is 5.92 Å². The van der Waals surface area contributed by atoms with Gasteiger partial charge in [-0.25, -0.2) is 0 Å². The number of carbonyl (C=O) groups is 1. The largest absolute Gasteiger partial charge is 0.481 e. The van der Waals surface area contributed by atoms with Crippen LogP contribution in [0.4, 0.5) is 0 Å². The minimum Gasteiger partial charge on any atom is -0.481 e. The second-order valence-electron chi connectivity index (χ2n) is 6.16. The molecule has 1 fully saturated rings. The highest BCUT2D eigenvalue weighted by Crippen LogP contribution is 2.32. The van der Waals surface area contributed by atoms with Crippen LogP contribution >= 0.6 is 0 Å². The first-order valence-corrected chi connectivity index (χ1v) is 8.15. The average Bonchev–Trinajstić information content (AvgIpc) is 2.50. The molecule has 0 amide bonds. The predicted molar refractivity (Wildman–Crippen MR) is 85.4 cm³/mol. The summed E-state index contributed by atoms with van der Waals surface area (Å²) in [4.78, 5) is 13.6. The molecule has 1 aromatic rings. The lowest BCUT2D eigenvalue weighted by atomic mass is 9.91. The van der Waals surface area contributed by atoms with Crippen molar-refractivity contribution in [3.8, 4) is 0 Å². The minimum absolute atomic E-state index is 0.148. The maximum Gasteiger partial charge on any atom is 0.306 e. The summed E-state index contributed by atoms with van der Waals surface area (Å²) in [5.41, 5.74) is 2.76. The monoisotopic (exact) mass is 289 g/mol. The van der Waals surface area contributed by atoms with Crippen molar-refractivity contribution in [2.75, 3.05) is 13.1 Å². The first-order valence-electron chi connectivity index (χ1n) is 8.15. The van der Waals surface area contributed by atoms with Crippen LogP contribution in [0.3, 0.4) is 0 Å². The summed E-state index contributed by atoms with van der Waals surface area (Å²) < 4.78 is 0. The van der Waals surface area contributed by atoms with Crippen LogP contribution in [0.25, 0.3) is 0 Å². The summed E-state index contributed by atoms with van der Waals surface area (Å²) in [5, 5.41) is 9.15. The Balaban J connectivity index is 2.10. The van der Waals surface area contributed by atoms with E-state index in [0.29, 0.717) is 6.04 Å². The van der Waals surface area contributed by atoms with Crippen molar-refractivity contribution >= 4 is 5.97 Å². The molecule has 2 rings (SSSR count). The van der Waals surface area contributed by atoms with Crippen LogP contribution < -0.4 is 0 Å². The Morgan fingerprint density at radius 3 is 2.57 bits per heavy atom. The molecule has 1 unspecified atom stereocenters. The maximum atomic E-state index is 11.1. The van der Waals surface area contributed by atoms with Gasteiger partial charge in [-0.3, -0.25) is 9.69 Å². The molecule has 1 saturated heterocycles. The van der Waals surface area contributed by atoms with Crippen LogP contribution in [0.1, 0.15) is 56.2 Å². The Labute approximate surface area is 128 Å². The molecule has 0 radical (unpaired) electrons. The molecule has 1 aliphatic heterocycles. The van der Waals surface area contributed by atoms with Gasteiger partial charge in [0, 0.05) is 6.04 Å². The van der Waals surface area contributed by atoms with E-state index in [4.69, 9.17) is 5.11 Å². The quantitative estimate of drug-likeness (QED) is 0.859.